The standard InChI is InChI=1S/C13H19N3O2/c1-15(2)12-8-10(5-6-14-12)13(18)16-7-3-4-11(16)9-17/h5-6,8,11,17H,3-4,7,9H2,1-2H3. The molecule has 0 aliphatic carbocycles. The summed E-state index contributed by atoms with van der Waals surface area (Å²) in [6, 6.07) is 3.48. The van der Waals surface area contributed by atoms with Crippen molar-refractivity contribution in [1.82, 2.24) is 9.88 Å². The van der Waals surface area contributed by atoms with Gasteiger partial charge in [-0.1, -0.05) is 0 Å². The third kappa shape index (κ3) is 2.46. The molecular formula is C13H19N3O2. The van der Waals surface area contributed by atoms with Gasteiger partial charge in [0.05, 0.1) is 12.6 Å². The molecule has 1 aliphatic rings. The third-order valence-corrected chi connectivity index (χ3v) is 3.30. The highest BCUT2D eigenvalue weighted by molar-refractivity contribution is 5.95. The van der Waals surface area contributed by atoms with Crippen LogP contribution in [0.4, 0.5) is 5.82 Å². The molecule has 1 N–H and O–H groups in total. The molecule has 1 amide bonds. The minimum absolute atomic E-state index is 0.0166. The first kappa shape index (κ1) is 12.8. The van der Waals surface area contributed by atoms with Crippen molar-refractivity contribution < 1.29 is 9.90 Å². The maximum absolute atomic E-state index is 12.4. The second-order valence-corrected chi connectivity index (χ2v) is 4.77. The molecule has 0 aromatic carbocycles. The molecule has 1 fully saturated rings. The van der Waals surface area contributed by atoms with Crippen molar-refractivity contribution in [2.24, 2.45) is 0 Å². The van der Waals surface area contributed by atoms with Gasteiger partial charge in [-0.25, -0.2) is 4.98 Å². The van der Waals surface area contributed by atoms with E-state index >= 15 is 0 Å². The van der Waals surface area contributed by atoms with Crippen molar-refractivity contribution in [3.63, 3.8) is 0 Å². The summed E-state index contributed by atoms with van der Waals surface area (Å²) < 4.78 is 0. The summed E-state index contributed by atoms with van der Waals surface area (Å²) in [6.07, 6.45) is 3.49. The van der Waals surface area contributed by atoms with Crippen molar-refractivity contribution in [2.45, 2.75) is 18.9 Å². The Bertz CT molecular complexity index is 434. The fraction of sp³-hybridized carbons (Fsp3) is 0.538. The van der Waals surface area contributed by atoms with Gasteiger partial charge in [0.25, 0.3) is 5.91 Å². The van der Waals surface area contributed by atoms with E-state index in [4.69, 9.17) is 0 Å². The molecule has 0 spiro atoms. The number of nitrogens with zero attached hydrogens (tertiary/aromatic N) is 3. The van der Waals surface area contributed by atoms with E-state index in [0.29, 0.717) is 5.56 Å². The van der Waals surface area contributed by atoms with Crippen LogP contribution in [0.2, 0.25) is 0 Å². The molecule has 1 aromatic rings. The summed E-state index contributed by atoms with van der Waals surface area (Å²) in [4.78, 5) is 20.2. The number of aliphatic hydroxyl groups excluding tert-OH is 1. The summed E-state index contributed by atoms with van der Waals surface area (Å²) in [7, 11) is 3.78. The molecule has 0 saturated carbocycles. The molecule has 1 aromatic heterocycles. The number of amides is 1. The number of anilines is 1. The van der Waals surface area contributed by atoms with E-state index in [1.807, 2.05) is 19.0 Å². The predicted octanol–water partition coefficient (Wildman–Crippen LogP) is 0.744. The number of carbonyl (C=O) groups is 1. The number of aromatic nitrogens is 1. The largest absolute Gasteiger partial charge is 0.394 e. The first-order valence-electron chi connectivity index (χ1n) is 6.18. The lowest BCUT2D eigenvalue weighted by Gasteiger charge is -2.23. The molecule has 5 heteroatoms. The lowest BCUT2D eigenvalue weighted by Crippen LogP contribution is -2.37. The van der Waals surface area contributed by atoms with Crippen LogP contribution in [0.3, 0.4) is 0 Å². The molecule has 1 aliphatic heterocycles. The Balaban J connectivity index is 2.20. The number of pyridine rings is 1. The molecule has 0 radical (unpaired) electrons. The van der Waals surface area contributed by atoms with E-state index in [2.05, 4.69) is 4.98 Å². The zero-order chi connectivity index (χ0) is 13.1. The molecular weight excluding hydrogens is 230 g/mol. The number of rotatable bonds is 3. The first-order valence-corrected chi connectivity index (χ1v) is 6.18. The third-order valence-electron chi connectivity index (χ3n) is 3.30. The Hall–Kier alpha value is -1.62. The number of likely N-dealkylation sites (tertiary alicyclic amines) is 1. The maximum atomic E-state index is 12.4. The molecule has 1 unspecified atom stereocenters. The SMILES string of the molecule is CN(C)c1cc(C(=O)N2CCCC2CO)ccn1. The average Bonchev–Trinajstić information content (AvgIpc) is 2.86. The van der Waals surface area contributed by atoms with Crippen LogP contribution in [0, 0.1) is 0 Å². The van der Waals surface area contributed by atoms with Crippen molar-refractivity contribution in [2.75, 3.05) is 32.1 Å². The maximum Gasteiger partial charge on any atom is 0.254 e. The number of hydrogen-bond donors (Lipinski definition) is 1. The van der Waals surface area contributed by atoms with Gasteiger partial charge in [-0.3, -0.25) is 4.79 Å². The van der Waals surface area contributed by atoms with Crippen LogP contribution >= 0.6 is 0 Å². The zero-order valence-electron chi connectivity index (χ0n) is 10.8. The van der Waals surface area contributed by atoms with Crippen LogP contribution < -0.4 is 4.90 Å². The molecule has 1 atom stereocenters. The Morgan fingerprint density at radius 2 is 2.39 bits per heavy atom. The Kier molecular flexibility index (Phi) is 3.81. The molecule has 0 bridgehead atoms. The van der Waals surface area contributed by atoms with Gasteiger partial charge in [-0.05, 0) is 25.0 Å². The second kappa shape index (κ2) is 5.35. The molecule has 98 valence electrons. The van der Waals surface area contributed by atoms with Crippen molar-refractivity contribution in [3.8, 4) is 0 Å². The molecule has 2 heterocycles. The van der Waals surface area contributed by atoms with E-state index in [1.54, 1.807) is 23.2 Å². The lowest BCUT2D eigenvalue weighted by atomic mass is 10.2. The van der Waals surface area contributed by atoms with E-state index in [-0.39, 0.29) is 18.6 Å². The van der Waals surface area contributed by atoms with Gasteiger partial charge in [-0.2, -0.15) is 0 Å². The predicted molar refractivity (Wildman–Crippen MR) is 69.7 cm³/mol. The van der Waals surface area contributed by atoms with E-state index in [9.17, 15) is 9.90 Å². The fourth-order valence-electron chi connectivity index (χ4n) is 2.25. The fourth-order valence-corrected chi connectivity index (χ4v) is 2.25. The minimum atomic E-state index is -0.0338. The van der Waals surface area contributed by atoms with Gasteiger partial charge in [0.1, 0.15) is 5.82 Å². The Morgan fingerprint density at radius 3 is 3.06 bits per heavy atom. The van der Waals surface area contributed by atoms with E-state index in [0.717, 1.165) is 25.2 Å². The van der Waals surface area contributed by atoms with Gasteiger partial charge >= 0.3 is 0 Å². The first-order chi connectivity index (χ1) is 8.63. The molecule has 2 rings (SSSR count). The zero-order valence-corrected chi connectivity index (χ0v) is 10.8. The van der Waals surface area contributed by atoms with Crippen LogP contribution in [0.1, 0.15) is 23.2 Å². The van der Waals surface area contributed by atoms with Crippen molar-refractivity contribution in [3.05, 3.63) is 23.9 Å². The van der Waals surface area contributed by atoms with Crippen LogP contribution in [0.15, 0.2) is 18.3 Å². The van der Waals surface area contributed by atoms with Crippen LogP contribution in [0.5, 0.6) is 0 Å². The quantitative estimate of drug-likeness (QED) is 0.858. The average molecular weight is 249 g/mol. The van der Waals surface area contributed by atoms with Gasteiger partial charge < -0.3 is 14.9 Å². The molecule has 18 heavy (non-hydrogen) atoms. The highest BCUT2D eigenvalue weighted by Crippen LogP contribution is 2.20. The summed E-state index contributed by atoms with van der Waals surface area (Å²) in [6.45, 7) is 0.765. The minimum Gasteiger partial charge on any atom is -0.394 e. The van der Waals surface area contributed by atoms with Crippen molar-refractivity contribution >= 4 is 11.7 Å². The van der Waals surface area contributed by atoms with Gasteiger partial charge in [0.15, 0.2) is 0 Å². The van der Waals surface area contributed by atoms with Gasteiger partial charge in [-0.15, -0.1) is 0 Å². The highest BCUT2D eigenvalue weighted by atomic mass is 16.3. The molecule has 5 nitrogen and oxygen atoms in total. The summed E-state index contributed by atoms with van der Waals surface area (Å²) in [5.41, 5.74) is 0.633. The Morgan fingerprint density at radius 1 is 1.61 bits per heavy atom. The van der Waals surface area contributed by atoms with Gasteiger partial charge in [0.2, 0.25) is 0 Å². The van der Waals surface area contributed by atoms with Crippen molar-refractivity contribution in [1.29, 1.82) is 0 Å². The Labute approximate surface area is 107 Å². The number of aliphatic hydroxyl groups is 1. The van der Waals surface area contributed by atoms with Gasteiger partial charge in [0, 0.05) is 32.4 Å². The second-order valence-electron chi connectivity index (χ2n) is 4.77. The summed E-state index contributed by atoms with van der Waals surface area (Å²) in [5, 5.41) is 9.26. The summed E-state index contributed by atoms with van der Waals surface area (Å²) >= 11 is 0. The normalized spacial score (nSPS) is 19.1. The lowest BCUT2D eigenvalue weighted by molar-refractivity contribution is 0.0677. The topological polar surface area (TPSA) is 56.7 Å². The van der Waals surface area contributed by atoms with Crippen LogP contribution in [-0.4, -0.2) is 54.2 Å². The van der Waals surface area contributed by atoms with E-state index < -0.39 is 0 Å². The summed E-state index contributed by atoms with van der Waals surface area (Å²) in [5.74, 6) is 0.748. The number of carbonyl (C=O) groups excluding carboxylic acids is 1. The van der Waals surface area contributed by atoms with Crippen LogP contribution in [0.25, 0.3) is 0 Å². The number of hydrogen-bond acceptors (Lipinski definition) is 4. The van der Waals surface area contributed by atoms with Crippen LogP contribution in [-0.2, 0) is 0 Å². The highest BCUT2D eigenvalue weighted by Gasteiger charge is 2.28. The molecule has 1 saturated heterocycles. The monoisotopic (exact) mass is 249 g/mol. The smallest absolute Gasteiger partial charge is 0.254 e. The van der Waals surface area contributed by atoms with E-state index in [1.165, 1.54) is 0 Å².